The second kappa shape index (κ2) is 5.38. The van der Waals surface area contributed by atoms with E-state index < -0.39 is 15.4 Å². The lowest BCUT2D eigenvalue weighted by molar-refractivity contribution is -0.214. The van der Waals surface area contributed by atoms with Crippen LogP contribution in [0.4, 0.5) is 0 Å². The molecule has 1 fully saturated rings. The van der Waals surface area contributed by atoms with Crippen LogP contribution in [0.2, 0.25) is 0 Å². The first-order valence-electron chi connectivity index (χ1n) is 6.06. The van der Waals surface area contributed by atoms with Gasteiger partial charge in [-0.2, -0.15) is 0 Å². The quantitative estimate of drug-likeness (QED) is 0.783. The molecule has 0 unspecified atom stereocenters. The van der Waals surface area contributed by atoms with Crippen LogP contribution >= 0.6 is 0 Å². The summed E-state index contributed by atoms with van der Waals surface area (Å²) in [6.45, 7) is 2.84. The number of ether oxygens (including phenoxy) is 2. The highest BCUT2D eigenvalue weighted by molar-refractivity contribution is 7.91. The minimum Gasteiger partial charge on any atom is -0.375 e. The first-order valence-corrected chi connectivity index (χ1v) is 7.88. The predicted octanol–water partition coefficient (Wildman–Crippen LogP) is 1.36. The second-order valence-electron chi connectivity index (χ2n) is 4.44. The van der Waals surface area contributed by atoms with Crippen molar-refractivity contribution in [2.75, 3.05) is 31.3 Å². The minimum absolute atomic E-state index is 0.0675. The molecule has 18 heavy (non-hydrogen) atoms. The molecule has 0 aliphatic carbocycles. The molecule has 0 radical (unpaired) electrons. The van der Waals surface area contributed by atoms with E-state index in [0.29, 0.717) is 13.2 Å². The number of hydrogen-bond donors (Lipinski definition) is 0. The van der Waals surface area contributed by atoms with Crippen molar-refractivity contribution in [3.63, 3.8) is 0 Å². The van der Waals surface area contributed by atoms with Crippen molar-refractivity contribution in [2.24, 2.45) is 0 Å². The summed E-state index contributed by atoms with van der Waals surface area (Å²) in [6, 6.07) is 9.80. The number of hydrogen-bond acceptors (Lipinski definition) is 4. The Labute approximate surface area is 108 Å². The molecule has 1 aromatic carbocycles. The predicted molar refractivity (Wildman–Crippen MR) is 69.2 cm³/mol. The van der Waals surface area contributed by atoms with E-state index in [0.717, 1.165) is 5.56 Å². The highest BCUT2D eigenvalue weighted by Gasteiger charge is 2.41. The summed E-state index contributed by atoms with van der Waals surface area (Å²) in [6.07, 6.45) is 0. The van der Waals surface area contributed by atoms with Gasteiger partial charge < -0.3 is 9.47 Å². The van der Waals surface area contributed by atoms with Gasteiger partial charge in [0.1, 0.15) is 5.60 Å². The van der Waals surface area contributed by atoms with Gasteiger partial charge in [0.2, 0.25) is 0 Å². The number of benzene rings is 1. The zero-order valence-corrected chi connectivity index (χ0v) is 11.3. The van der Waals surface area contributed by atoms with Crippen molar-refractivity contribution in [3.8, 4) is 0 Å². The molecule has 0 N–H and O–H groups in total. The summed E-state index contributed by atoms with van der Waals surface area (Å²) in [5.74, 6) is 0.225. The van der Waals surface area contributed by atoms with Crippen LogP contribution in [0.5, 0.6) is 0 Å². The molecular formula is C13H18O4S. The summed E-state index contributed by atoms with van der Waals surface area (Å²) < 4.78 is 33.8. The van der Waals surface area contributed by atoms with Gasteiger partial charge in [0.15, 0.2) is 9.84 Å². The van der Waals surface area contributed by atoms with Crippen LogP contribution < -0.4 is 0 Å². The maximum atomic E-state index is 11.4. The third kappa shape index (κ3) is 2.91. The lowest BCUT2D eigenvalue weighted by Gasteiger charge is -2.41. The van der Waals surface area contributed by atoms with Crippen molar-refractivity contribution in [2.45, 2.75) is 12.5 Å². The number of sulfone groups is 1. The molecule has 1 aromatic rings. The molecule has 4 nitrogen and oxygen atoms in total. The zero-order chi connectivity index (χ0) is 13.1. The third-order valence-corrected chi connectivity index (χ3v) is 4.85. The van der Waals surface area contributed by atoms with E-state index in [1.54, 1.807) is 6.92 Å². The van der Waals surface area contributed by atoms with Crippen LogP contribution in [0, 0.1) is 0 Å². The molecule has 100 valence electrons. The van der Waals surface area contributed by atoms with Crippen LogP contribution in [0.1, 0.15) is 12.5 Å². The lowest BCUT2D eigenvalue weighted by atomic mass is 9.92. The van der Waals surface area contributed by atoms with Crippen LogP contribution in [-0.2, 0) is 24.9 Å². The molecule has 2 rings (SSSR count). The molecule has 0 saturated carbocycles. The molecule has 1 aliphatic heterocycles. The van der Waals surface area contributed by atoms with Gasteiger partial charge in [0, 0.05) is 5.75 Å². The van der Waals surface area contributed by atoms with E-state index in [9.17, 15) is 8.42 Å². The van der Waals surface area contributed by atoms with E-state index >= 15 is 0 Å². The largest absolute Gasteiger partial charge is 0.375 e. The highest BCUT2D eigenvalue weighted by atomic mass is 32.2. The topological polar surface area (TPSA) is 52.6 Å². The van der Waals surface area contributed by atoms with E-state index in [1.165, 1.54) is 0 Å². The Bertz CT molecular complexity index is 477. The molecule has 1 saturated heterocycles. The van der Waals surface area contributed by atoms with Gasteiger partial charge in [-0.3, -0.25) is 0 Å². The molecule has 5 heteroatoms. The summed E-state index contributed by atoms with van der Waals surface area (Å²) in [5.41, 5.74) is 0.593. The molecule has 0 bridgehead atoms. The monoisotopic (exact) mass is 270 g/mol. The van der Waals surface area contributed by atoms with Crippen molar-refractivity contribution < 1.29 is 17.9 Å². The fraction of sp³-hybridized carbons (Fsp3) is 0.538. The van der Waals surface area contributed by atoms with Crippen molar-refractivity contribution in [1.82, 2.24) is 0 Å². The van der Waals surface area contributed by atoms with E-state index in [2.05, 4.69) is 0 Å². The fourth-order valence-electron chi connectivity index (χ4n) is 1.87. The molecular weight excluding hydrogens is 252 g/mol. The Kier molecular flexibility index (Phi) is 4.04. The summed E-state index contributed by atoms with van der Waals surface area (Å²) in [7, 11) is -2.97. The summed E-state index contributed by atoms with van der Waals surface area (Å²) in [4.78, 5) is 0. The SMILES string of the molecule is CCS(=O)(=O)CCOC1(c2ccccc2)COC1. The van der Waals surface area contributed by atoms with Gasteiger partial charge in [-0.1, -0.05) is 37.3 Å². The standard InChI is InChI=1S/C13H18O4S/c1-2-18(14,15)9-8-17-13(10-16-11-13)12-6-4-3-5-7-12/h3-7H,2,8-11H2,1H3. The van der Waals surface area contributed by atoms with Gasteiger partial charge in [-0.25, -0.2) is 8.42 Å². The Hall–Kier alpha value is -0.910. The molecule has 1 heterocycles. The minimum atomic E-state index is -2.97. The van der Waals surface area contributed by atoms with Gasteiger partial charge in [0.25, 0.3) is 0 Å². The molecule has 0 aromatic heterocycles. The van der Waals surface area contributed by atoms with Crippen molar-refractivity contribution >= 4 is 9.84 Å². The summed E-state index contributed by atoms with van der Waals surface area (Å²) >= 11 is 0. The smallest absolute Gasteiger partial charge is 0.152 e. The Morgan fingerprint density at radius 2 is 1.94 bits per heavy atom. The highest BCUT2D eigenvalue weighted by Crippen LogP contribution is 2.33. The summed E-state index contributed by atoms with van der Waals surface area (Å²) in [5, 5.41) is 0. The van der Waals surface area contributed by atoms with Gasteiger partial charge >= 0.3 is 0 Å². The van der Waals surface area contributed by atoms with Crippen LogP contribution in [0.3, 0.4) is 0 Å². The lowest BCUT2D eigenvalue weighted by Crippen LogP contribution is -2.49. The van der Waals surface area contributed by atoms with E-state index in [-0.39, 0.29) is 18.1 Å². The van der Waals surface area contributed by atoms with Crippen molar-refractivity contribution in [3.05, 3.63) is 35.9 Å². The molecule has 1 aliphatic rings. The molecule has 0 atom stereocenters. The van der Waals surface area contributed by atoms with E-state index in [1.807, 2.05) is 30.3 Å². The fourth-order valence-corrected chi connectivity index (χ4v) is 2.50. The average molecular weight is 270 g/mol. The molecule has 0 amide bonds. The van der Waals surface area contributed by atoms with E-state index in [4.69, 9.17) is 9.47 Å². The first kappa shape index (κ1) is 13.5. The maximum absolute atomic E-state index is 11.4. The third-order valence-electron chi connectivity index (χ3n) is 3.18. The number of rotatable bonds is 6. The van der Waals surface area contributed by atoms with Crippen LogP contribution in [0.15, 0.2) is 30.3 Å². The van der Waals surface area contributed by atoms with Crippen LogP contribution in [-0.4, -0.2) is 39.7 Å². The second-order valence-corrected chi connectivity index (χ2v) is 6.91. The zero-order valence-electron chi connectivity index (χ0n) is 10.5. The maximum Gasteiger partial charge on any atom is 0.152 e. The van der Waals surface area contributed by atoms with Gasteiger partial charge in [0.05, 0.1) is 25.6 Å². The van der Waals surface area contributed by atoms with Gasteiger partial charge in [-0.05, 0) is 5.56 Å². The Balaban J connectivity index is 1.98. The average Bonchev–Trinajstić information content (AvgIpc) is 2.34. The Morgan fingerprint density at radius 1 is 1.28 bits per heavy atom. The molecule has 0 spiro atoms. The van der Waals surface area contributed by atoms with Crippen molar-refractivity contribution in [1.29, 1.82) is 0 Å². The van der Waals surface area contributed by atoms with Gasteiger partial charge in [-0.15, -0.1) is 0 Å². The normalized spacial score (nSPS) is 18.3. The Morgan fingerprint density at radius 3 is 2.44 bits per heavy atom. The first-order chi connectivity index (χ1) is 8.58. The van der Waals surface area contributed by atoms with Crippen LogP contribution in [0.25, 0.3) is 0 Å².